The van der Waals surface area contributed by atoms with E-state index in [1.54, 1.807) is 0 Å². The molecule has 2 N–H and O–H groups in total. The van der Waals surface area contributed by atoms with Crippen LogP contribution in [0, 0.1) is 0 Å². The summed E-state index contributed by atoms with van der Waals surface area (Å²) in [6.45, 7) is 5.98. The molecule has 0 aliphatic carbocycles. The topological polar surface area (TPSA) is 96.3 Å². The molecule has 196 valence electrons. The van der Waals surface area contributed by atoms with Gasteiger partial charge in [-0.1, -0.05) is 103 Å². The Morgan fingerprint density at radius 2 is 1.12 bits per heavy atom. The van der Waals surface area contributed by atoms with Crippen LogP contribution in [0.2, 0.25) is 0 Å². The summed E-state index contributed by atoms with van der Waals surface area (Å²) in [4.78, 5) is 2.24. The summed E-state index contributed by atoms with van der Waals surface area (Å²) in [5.41, 5.74) is 0. The summed E-state index contributed by atoms with van der Waals surface area (Å²) in [6.07, 6.45) is 22.7. The van der Waals surface area contributed by atoms with Crippen LogP contribution in [0.25, 0.3) is 0 Å². The van der Waals surface area contributed by atoms with Gasteiger partial charge in [0.25, 0.3) is 0 Å². The molecule has 0 heterocycles. The Morgan fingerprint density at radius 1 is 0.781 bits per heavy atom. The van der Waals surface area contributed by atoms with Crippen molar-refractivity contribution in [3.05, 3.63) is 0 Å². The Balaban J connectivity index is 0. The van der Waals surface area contributed by atoms with Crippen molar-refractivity contribution in [2.24, 2.45) is 0 Å². The standard InChI is InChI=1S/C23H49NO2.CH4O4S/c1-4-5-6-7-8-9-10-11-12-13-14-15-16-17-18-19-20-24(3)23(2)26-22-21-25;1-5-6(2,3)4/h23,25H,4-22H2,1-3H3;1H3,(H,2,3,4). The molecule has 0 amide bonds. The molecular weight excluding hydrogens is 430 g/mol. The first-order valence-electron chi connectivity index (χ1n) is 12.7. The molecule has 7 nitrogen and oxygen atoms in total. The number of aliphatic hydroxyl groups excluding tert-OH is 1. The predicted octanol–water partition coefficient (Wildman–Crippen LogP) is 5.97. The quantitative estimate of drug-likeness (QED) is 0.111. The van der Waals surface area contributed by atoms with Crippen LogP contribution >= 0.6 is 0 Å². The number of ether oxygens (including phenoxy) is 1. The molecule has 0 spiro atoms. The largest absolute Gasteiger partial charge is 0.397 e. The minimum absolute atomic E-state index is 0.108. The number of hydrogen-bond donors (Lipinski definition) is 2. The molecule has 0 aliphatic rings. The first-order chi connectivity index (χ1) is 15.3. The highest BCUT2D eigenvalue weighted by Crippen LogP contribution is 2.14. The van der Waals surface area contributed by atoms with Gasteiger partial charge >= 0.3 is 10.4 Å². The summed E-state index contributed by atoms with van der Waals surface area (Å²) < 4.78 is 35.2. The molecule has 1 unspecified atom stereocenters. The van der Waals surface area contributed by atoms with Crippen molar-refractivity contribution in [3.8, 4) is 0 Å². The molecule has 0 fully saturated rings. The first kappa shape index (κ1) is 33.9. The van der Waals surface area contributed by atoms with E-state index >= 15 is 0 Å². The molecule has 0 aromatic rings. The maximum atomic E-state index is 9.33. The van der Waals surface area contributed by atoms with Crippen molar-refractivity contribution in [2.75, 3.05) is 33.9 Å². The number of nitrogens with zero attached hydrogens (tertiary/aromatic N) is 1. The molecule has 32 heavy (non-hydrogen) atoms. The number of hydrogen-bond acceptors (Lipinski definition) is 6. The molecule has 0 rings (SSSR count). The van der Waals surface area contributed by atoms with Crippen LogP contribution in [0.3, 0.4) is 0 Å². The van der Waals surface area contributed by atoms with Gasteiger partial charge in [0.2, 0.25) is 0 Å². The normalized spacial score (nSPS) is 12.6. The van der Waals surface area contributed by atoms with E-state index in [2.05, 4.69) is 30.0 Å². The number of aliphatic hydroxyl groups is 1. The summed E-state index contributed by atoms with van der Waals surface area (Å²) in [5, 5.41) is 8.78. The van der Waals surface area contributed by atoms with E-state index in [1.165, 1.54) is 103 Å². The molecule has 0 radical (unpaired) electrons. The molecule has 0 aromatic carbocycles. The summed E-state index contributed by atoms with van der Waals surface area (Å²) in [5.74, 6) is 0. The second-order valence-corrected chi connectivity index (χ2v) is 9.76. The van der Waals surface area contributed by atoms with E-state index in [0.29, 0.717) is 6.61 Å². The van der Waals surface area contributed by atoms with Crippen molar-refractivity contribution in [3.63, 3.8) is 0 Å². The van der Waals surface area contributed by atoms with Crippen LogP contribution in [-0.2, 0) is 19.3 Å². The van der Waals surface area contributed by atoms with Crippen LogP contribution < -0.4 is 0 Å². The third-order valence-corrected chi connectivity index (χ3v) is 6.07. The minimum Gasteiger partial charge on any atom is -0.394 e. The fraction of sp³-hybridized carbons (Fsp3) is 1.00. The Bertz CT molecular complexity index is 461. The lowest BCUT2D eigenvalue weighted by Gasteiger charge is -2.24. The second kappa shape index (κ2) is 25.4. The molecular formula is C24H53NO6S. The third-order valence-electron chi connectivity index (χ3n) is 5.65. The zero-order valence-electron chi connectivity index (χ0n) is 21.4. The van der Waals surface area contributed by atoms with Crippen LogP contribution in [-0.4, -0.2) is 63.1 Å². The van der Waals surface area contributed by atoms with Gasteiger partial charge in [-0.25, -0.2) is 0 Å². The van der Waals surface area contributed by atoms with Gasteiger partial charge in [0, 0.05) is 6.54 Å². The lowest BCUT2D eigenvalue weighted by molar-refractivity contribution is -0.0469. The van der Waals surface area contributed by atoms with E-state index in [0.717, 1.165) is 13.7 Å². The Kier molecular flexibility index (Phi) is 26.9. The molecule has 0 saturated carbocycles. The van der Waals surface area contributed by atoms with Crippen LogP contribution in [0.4, 0.5) is 0 Å². The van der Waals surface area contributed by atoms with E-state index in [9.17, 15) is 8.42 Å². The van der Waals surface area contributed by atoms with Gasteiger partial charge in [-0.05, 0) is 20.4 Å². The summed E-state index contributed by atoms with van der Waals surface area (Å²) in [7, 11) is -1.19. The van der Waals surface area contributed by atoms with Crippen molar-refractivity contribution in [1.82, 2.24) is 4.90 Å². The van der Waals surface area contributed by atoms with Gasteiger partial charge in [-0.15, -0.1) is 0 Å². The summed E-state index contributed by atoms with van der Waals surface area (Å²) >= 11 is 0. The lowest BCUT2D eigenvalue weighted by Crippen LogP contribution is -2.33. The van der Waals surface area contributed by atoms with Crippen molar-refractivity contribution in [2.45, 2.75) is 123 Å². The van der Waals surface area contributed by atoms with E-state index in [1.807, 2.05) is 0 Å². The number of rotatable bonds is 22. The fourth-order valence-electron chi connectivity index (χ4n) is 3.44. The fourth-order valence-corrected chi connectivity index (χ4v) is 3.44. The van der Waals surface area contributed by atoms with Crippen molar-refractivity contribution >= 4 is 10.4 Å². The number of unbranched alkanes of at least 4 members (excludes halogenated alkanes) is 15. The van der Waals surface area contributed by atoms with Crippen molar-refractivity contribution in [1.29, 1.82) is 0 Å². The highest BCUT2D eigenvalue weighted by atomic mass is 32.3. The van der Waals surface area contributed by atoms with Gasteiger partial charge < -0.3 is 9.84 Å². The average Bonchev–Trinajstić information content (AvgIpc) is 2.76. The van der Waals surface area contributed by atoms with Crippen molar-refractivity contribution < 1.29 is 27.0 Å². The Hall–Kier alpha value is -0.250. The zero-order chi connectivity index (χ0) is 24.5. The van der Waals surface area contributed by atoms with E-state index in [-0.39, 0.29) is 12.8 Å². The van der Waals surface area contributed by atoms with Gasteiger partial charge in [-0.2, -0.15) is 8.42 Å². The zero-order valence-corrected chi connectivity index (χ0v) is 22.2. The van der Waals surface area contributed by atoms with Gasteiger partial charge in [-0.3, -0.25) is 13.6 Å². The average molecular weight is 484 g/mol. The SMILES string of the molecule is CCCCCCCCCCCCCCCCCCN(C)C(C)OCCO.COS(=O)(=O)O. The lowest BCUT2D eigenvalue weighted by atomic mass is 10.0. The second-order valence-electron chi connectivity index (χ2n) is 8.57. The monoisotopic (exact) mass is 483 g/mol. The van der Waals surface area contributed by atoms with Gasteiger partial charge in [0.15, 0.2) is 0 Å². The smallest absolute Gasteiger partial charge is 0.394 e. The van der Waals surface area contributed by atoms with E-state index < -0.39 is 10.4 Å². The molecule has 0 aromatic heterocycles. The van der Waals surface area contributed by atoms with Crippen LogP contribution in [0.1, 0.15) is 117 Å². The molecule has 0 aliphatic heterocycles. The van der Waals surface area contributed by atoms with Crippen LogP contribution in [0.5, 0.6) is 0 Å². The Labute approximate surface area is 199 Å². The van der Waals surface area contributed by atoms with Gasteiger partial charge in [0.05, 0.1) is 20.3 Å². The molecule has 8 heteroatoms. The highest BCUT2D eigenvalue weighted by Gasteiger charge is 2.08. The summed E-state index contributed by atoms with van der Waals surface area (Å²) in [6, 6.07) is 0. The highest BCUT2D eigenvalue weighted by molar-refractivity contribution is 7.80. The first-order valence-corrected chi connectivity index (χ1v) is 14.1. The molecule has 0 bridgehead atoms. The molecule has 0 saturated heterocycles. The van der Waals surface area contributed by atoms with Crippen LogP contribution in [0.15, 0.2) is 0 Å². The van der Waals surface area contributed by atoms with E-state index in [4.69, 9.17) is 14.4 Å². The predicted molar refractivity (Wildman–Crippen MR) is 133 cm³/mol. The molecule has 1 atom stereocenters. The maximum absolute atomic E-state index is 9.33. The Morgan fingerprint density at radius 3 is 1.44 bits per heavy atom. The maximum Gasteiger partial charge on any atom is 0.397 e. The van der Waals surface area contributed by atoms with Gasteiger partial charge in [0.1, 0.15) is 6.23 Å². The third kappa shape index (κ3) is 29.8. The minimum atomic E-state index is -4.16.